The fourth-order valence-electron chi connectivity index (χ4n) is 5.10. The minimum atomic E-state index is -0.460. The number of ether oxygens (including phenoxy) is 3. The molecule has 3 atom stereocenters. The van der Waals surface area contributed by atoms with Gasteiger partial charge in [-0.15, -0.1) is 0 Å². The van der Waals surface area contributed by atoms with E-state index in [-0.39, 0.29) is 36.5 Å². The van der Waals surface area contributed by atoms with Gasteiger partial charge < -0.3 is 19.1 Å². The topological polar surface area (TPSA) is 84.7 Å². The lowest BCUT2D eigenvalue weighted by atomic mass is 9.93. The lowest BCUT2D eigenvalue weighted by molar-refractivity contribution is -0.0814. The number of carbonyl (C=O) groups is 1. The third kappa shape index (κ3) is 5.48. The van der Waals surface area contributed by atoms with E-state index in [1.165, 1.54) is 0 Å². The van der Waals surface area contributed by atoms with Crippen molar-refractivity contribution in [1.82, 2.24) is 9.88 Å². The van der Waals surface area contributed by atoms with Crippen LogP contribution in [0.15, 0.2) is 18.3 Å². The number of nitrogens with zero attached hydrogens (tertiary/aromatic N) is 3. The Morgan fingerprint density at radius 1 is 1.03 bits per heavy atom. The van der Waals surface area contributed by atoms with Gasteiger partial charge in [0.1, 0.15) is 17.8 Å². The van der Waals surface area contributed by atoms with Crippen LogP contribution in [0.1, 0.15) is 77.7 Å². The molecule has 0 N–H and O–H groups in total. The number of hydrogen-bond acceptors (Lipinski definition) is 6. The molecule has 0 radical (unpaired) electrons. The number of pyridine rings is 1. The normalized spacial score (nSPS) is 30.5. The highest BCUT2D eigenvalue weighted by Gasteiger charge is 2.45. The fraction of sp³-hybridized carbons (Fsp3) is 0.708. The summed E-state index contributed by atoms with van der Waals surface area (Å²) >= 11 is 0. The number of aromatic nitrogens is 1. The van der Waals surface area contributed by atoms with Gasteiger partial charge in [-0.25, -0.2) is 9.78 Å². The maximum Gasteiger partial charge on any atom is 0.410 e. The van der Waals surface area contributed by atoms with E-state index in [9.17, 15) is 4.79 Å². The second kappa shape index (κ2) is 9.04. The molecular formula is C24H33N3O4. The van der Waals surface area contributed by atoms with Crippen LogP contribution in [0.25, 0.3) is 0 Å². The molecule has 0 aromatic carbocycles. The molecule has 2 aliphatic heterocycles. The summed E-state index contributed by atoms with van der Waals surface area (Å²) in [6, 6.07) is 6.03. The molecule has 31 heavy (non-hydrogen) atoms. The molecule has 1 saturated carbocycles. The Kier molecular flexibility index (Phi) is 6.38. The van der Waals surface area contributed by atoms with Gasteiger partial charge in [0.25, 0.3) is 0 Å². The number of nitriles is 1. The summed E-state index contributed by atoms with van der Waals surface area (Å²) < 4.78 is 18.1. The van der Waals surface area contributed by atoms with Gasteiger partial charge in [0.05, 0.1) is 17.8 Å². The van der Waals surface area contributed by atoms with Crippen molar-refractivity contribution in [3.63, 3.8) is 0 Å². The van der Waals surface area contributed by atoms with Crippen molar-refractivity contribution in [1.29, 1.82) is 5.26 Å². The van der Waals surface area contributed by atoms with E-state index in [0.29, 0.717) is 11.4 Å². The highest BCUT2D eigenvalue weighted by atomic mass is 16.6. The Morgan fingerprint density at radius 3 is 2.23 bits per heavy atom. The molecule has 168 valence electrons. The lowest BCUT2D eigenvalue weighted by Crippen LogP contribution is -2.50. The largest absolute Gasteiger partial charge is 0.474 e. The van der Waals surface area contributed by atoms with Gasteiger partial charge in [-0.2, -0.15) is 5.26 Å². The summed E-state index contributed by atoms with van der Waals surface area (Å²) in [6.45, 7) is 5.75. The van der Waals surface area contributed by atoms with Crippen molar-refractivity contribution in [2.24, 2.45) is 0 Å². The summed E-state index contributed by atoms with van der Waals surface area (Å²) in [5.74, 6) is 0.578. The first-order valence-electron chi connectivity index (χ1n) is 11.5. The molecule has 1 aliphatic carbocycles. The maximum atomic E-state index is 12.6. The summed E-state index contributed by atoms with van der Waals surface area (Å²) in [7, 11) is 0. The van der Waals surface area contributed by atoms with Gasteiger partial charge in [-0.3, -0.25) is 0 Å². The van der Waals surface area contributed by atoms with E-state index >= 15 is 0 Å². The van der Waals surface area contributed by atoms with Gasteiger partial charge in [-0.05, 0) is 78.2 Å². The molecule has 7 heteroatoms. The zero-order valence-corrected chi connectivity index (χ0v) is 18.8. The second-order valence-corrected chi connectivity index (χ2v) is 10.0. The second-order valence-electron chi connectivity index (χ2n) is 10.0. The minimum absolute atomic E-state index is 0.144. The zero-order chi connectivity index (χ0) is 22.0. The van der Waals surface area contributed by atoms with Crippen molar-refractivity contribution in [3.05, 3.63) is 23.9 Å². The number of carbonyl (C=O) groups excluding carboxylic acids is 1. The summed E-state index contributed by atoms with van der Waals surface area (Å²) in [6.07, 6.45) is 9.72. The molecule has 3 aliphatic rings. The number of piperidine rings is 1. The van der Waals surface area contributed by atoms with Crippen molar-refractivity contribution >= 4 is 6.09 Å². The van der Waals surface area contributed by atoms with Crippen LogP contribution in [0.3, 0.4) is 0 Å². The molecule has 0 unspecified atom stereocenters. The van der Waals surface area contributed by atoms with E-state index in [1.807, 2.05) is 25.7 Å². The molecule has 1 amide bonds. The summed E-state index contributed by atoms with van der Waals surface area (Å²) in [4.78, 5) is 18.8. The zero-order valence-electron chi connectivity index (χ0n) is 18.8. The Labute approximate surface area is 184 Å². The van der Waals surface area contributed by atoms with Gasteiger partial charge in [0.2, 0.25) is 5.88 Å². The van der Waals surface area contributed by atoms with Crippen LogP contribution in [-0.2, 0) is 9.47 Å². The molecule has 7 nitrogen and oxygen atoms in total. The summed E-state index contributed by atoms with van der Waals surface area (Å²) in [5.41, 5.74) is 0.0776. The molecule has 2 bridgehead atoms. The lowest BCUT2D eigenvalue weighted by Gasteiger charge is -2.41. The third-order valence-corrected chi connectivity index (χ3v) is 6.45. The Balaban J connectivity index is 1.23. The van der Waals surface area contributed by atoms with Crippen molar-refractivity contribution < 1.29 is 19.0 Å². The van der Waals surface area contributed by atoms with Crippen molar-refractivity contribution in [3.8, 4) is 11.9 Å². The number of rotatable bonds is 4. The Morgan fingerprint density at radius 2 is 1.68 bits per heavy atom. The van der Waals surface area contributed by atoms with E-state index in [4.69, 9.17) is 19.5 Å². The van der Waals surface area contributed by atoms with Crippen LogP contribution in [-0.4, -0.2) is 52.0 Å². The van der Waals surface area contributed by atoms with Gasteiger partial charge in [-0.1, -0.05) is 0 Å². The first-order valence-corrected chi connectivity index (χ1v) is 11.5. The predicted molar refractivity (Wildman–Crippen MR) is 115 cm³/mol. The first kappa shape index (κ1) is 21.9. The first-order chi connectivity index (χ1) is 14.8. The highest BCUT2D eigenvalue weighted by Crippen LogP contribution is 2.39. The van der Waals surface area contributed by atoms with Gasteiger partial charge in [0, 0.05) is 24.3 Å². The molecular weight excluding hydrogens is 394 g/mol. The number of hydrogen-bond donors (Lipinski definition) is 0. The molecule has 0 spiro atoms. The molecule has 2 saturated heterocycles. The monoisotopic (exact) mass is 427 g/mol. The van der Waals surface area contributed by atoms with Crippen LogP contribution < -0.4 is 4.74 Å². The molecule has 1 aromatic rings. The minimum Gasteiger partial charge on any atom is -0.474 e. The van der Waals surface area contributed by atoms with Crippen LogP contribution in [0.2, 0.25) is 0 Å². The van der Waals surface area contributed by atoms with Crippen molar-refractivity contribution in [2.45, 2.75) is 108 Å². The van der Waals surface area contributed by atoms with Crippen LogP contribution >= 0.6 is 0 Å². The van der Waals surface area contributed by atoms with Crippen molar-refractivity contribution in [2.75, 3.05) is 0 Å². The Hall–Kier alpha value is -2.33. The fourth-order valence-corrected chi connectivity index (χ4v) is 5.10. The quantitative estimate of drug-likeness (QED) is 0.699. The number of fused-ring (bicyclic) bond motifs is 2. The average Bonchev–Trinajstić information content (AvgIpc) is 3.00. The van der Waals surface area contributed by atoms with Crippen LogP contribution in [0, 0.1) is 11.3 Å². The van der Waals surface area contributed by atoms with E-state index < -0.39 is 5.60 Å². The van der Waals surface area contributed by atoms with Crippen LogP contribution in [0.4, 0.5) is 4.79 Å². The average molecular weight is 428 g/mol. The number of amides is 1. The van der Waals surface area contributed by atoms with Gasteiger partial charge >= 0.3 is 6.09 Å². The van der Waals surface area contributed by atoms with Gasteiger partial charge in [0.15, 0.2) is 0 Å². The van der Waals surface area contributed by atoms with E-state index in [2.05, 4.69) is 11.1 Å². The molecule has 3 fully saturated rings. The van der Waals surface area contributed by atoms with E-state index in [1.54, 1.807) is 18.3 Å². The molecule has 3 heterocycles. The smallest absolute Gasteiger partial charge is 0.410 e. The maximum absolute atomic E-state index is 12.6. The van der Waals surface area contributed by atoms with E-state index in [0.717, 1.165) is 51.4 Å². The molecule has 4 rings (SSSR count). The third-order valence-electron chi connectivity index (χ3n) is 6.45. The predicted octanol–water partition coefficient (Wildman–Crippen LogP) is 4.59. The van der Waals surface area contributed by atoms with Crippen LogP contribution in [0.5, 0.6) is 5.88 Å². The standard InChI is InChI=1S/C24H33N3O4/c1-24(2,3)31-23(28)27-17-5-6-18(27)13-21(12-17)29-19-7-9-20(10-8-19)30-22-11-4-16(14-25)15-26-22/h4,11,15,17-21H,5-10,12-13H2,1-3H3/t17-,18+,19-,20-,21-. The Bertz CT molecular complexity index is 792. The summed E-state index contributed by atoms with van der Waals surface area (Å²) in [5, 5.41) is 8.87. The molecule has 1 aromatic heterocycles. The highest BCUT2D eigenvalue weighted by molar-refractivity contribution is 5.69. The SMILES string of the molecule is CC(C)(C)OC(=O)N1[C@@H]2CC[C@H]1C[C@H](O[C@H]1CC[C@H](Oc3ccc(C#N)cn3)CC1)C2.